The number of hydrogen-bond donors (Lipinski definition) is 0. The van der Waals surface area contributed by atoms with Gasteiger partial charge in [0, 0.05) is 25.1 Å². The predicted molar refractivity (Wildman–Crippen MR) is 159 cm³/mol. The molecule has 2 rings (SSSR count). The second kappa shape index (κ2) is 19.9. The van der Waals surface area contributed by atoms with Gasteiger partial charge in [-0.1, -0.05) is 85.8 Å². The van der Waals surface area contributed by atoms with Gasteiger partial charge in [-0.3, -0.25) is 9.89 Å². The lowest BCUT2D eigenvalue weighted by atomic mass is 9.99. The molecule has 3 heteroatoms. The molecule has 0 amide bonds. The van der Waals surface area contributed by atoms with Crippen molar-refractivity contribution in [2.45, 2.75) is 74.7 Å². The summed E-state index contributed by atoms with van der Waals surface area (Å²) in [6.45, 7) is 28.5. The van der Waals surface area contributed by atoms with Gasteiger partial charge < -0.3 is 4.74 Å². The molecule has 0 aromatic heterocycles. The SMILES string of the molecule is C=CCCN(CCC)CCOC1=CC(=Nc2ccc(C=C)cc2C)C(C)C=C1.CC.CCC(C)C. The molecule has 0 aliphatic heterocycles. The number of ether oxygens (including phenoxy) is 1. The van der Waals surface area contributed by atoms with Crippen molar-refractivity contribution in [3.05, 3.63) is 72.5 Å². The van der Waals surface area contributed by atoms with Crippen LogP contribution in [-0.2, 0) is 4.74 Å². The summed E-state index contributed by atoms with van der Waals surface area (Å²) in [7, 11) is 0. The van der Waals surface area contributed by atoms with Crippen molar-refractivity contribution in [1.29, 1.82) is 0 Å². The van der Waals surface area contributed by atoms with Crippen LogP contribution in [0.15, 0.2) is 66.4 Å². The van der Waals surface area contributed by atoms with Crippen molar-refractivity contribution >= 4 is 17.5 Å². The van der Waals surface area contributed by atoms with E-state index in [0.29, 0.717) is 6.61 Å². The number of aliphatic imine (C=N–C) groups is 1. The lowest BCUT2D eigenvalue weighted by Crippen LogP contribution is -2.29. The second-order valence-corrected chi connectivity index (χ2v) is 9.05. The first-order chi connectivity index (χ1) is 16.8. The van der Waals surface area contributed by atoms with Crippen LogP contribution in [-0.4, -0.2) is 36.9 Å². The highest BCUT2D eigenvalue weighted by Gasteiger charge is 2.13. The zero-order valence-corrected chi connectivity index (χ0v) is 23.9. The molecule has 0 radical (unpaired) electrons. The number of aryl methyl sites for hydroxylation is 1. The molecule has 0 saturated heterocycles. The Hall–Kier alpha value is -2.39. The molecule has 0 N–H and O–H groups in total. The molecule has 1 aliphatic carbocycles. The summed E-state index contributed by atoms with van der Waals surface area (Å²) in [5.41, 5.74) is 4.30. The van der Waals surface area contributed by atoms with E-state index in [2.05, 4.69) is 96.0 Å². The van der Waals surface area contributed by atoms with Gasteiger partial charge in [0.25, 0.3) is 0 Å². The minimum atomic E-state index is 0.273. The Morgan fingerprint density at radius 2 is 1.80 bits per heavy atom. The first-order valence-electron chi connectivity index (χ1n) is 13.5. The summed E-state index contributed by atoms with van der Waals surface area (Å²) in [6.07, 6.45) is 13.6. The fourth-order valence-corrected chi connectivity index (χ4v) is 3.18. The van der Waals surface area contributed by atoms with E-state index >= 15 is 0 Å². The van der Waals surface area contributed by atoms with E-state index in [4.69, 9.17) is 9.73 Å². The maximum atomic E-state index is 6.04. The third kappa shape index (κ3) is 13.9. The standard InChI is InChI=1S/C25H34N2O.C5H12.C2H6/c1-6-9-15-27(14-7-2)16-17-28-23-12-10-20(4)25(19-23)26-24-13-11-22(8-3)18-21(24)5;1-4-5(2)3;1-2/h6,8,10-13,18-20H,1,3,7,9,14-17H2,2,4-5H3;5H,4H2,1-3H3;1-2H3. The number of allylic oxidation sites excluding steroid dienone is 3. The van der Waals surface area contributed by atoms with Crippen LogP contribution in [0.5, 0.6) is 0 Å². The first kappa shape index (κ1) is 32.6. The number of hydrogen-bond acceptors (Lipinski definition) is 3. The molecular formula is C32H52N2O. The summed E-state index contributed by atoms with van der Waals surface area (Å²) in [4.78, 5) is 7.32. The van der Waals surface area contributed by atoms with E-state index in [-0.39, 0.29) is 5.92 Å². The molecule has 0 saturated carbocycles. The normalized spacial score (nSPS) is 15.7. The van der Waals surface area contributed by atoms with Crippen molar-refractivity contribution < 1.29 is 4.74 Å². The highest BCUT2D eigenvalue weighted by molar-refractivity contribution is 6.01. The van der Waals surface area contributed by atoms with Crippen LogP contribution in [0.3, 0.4) is 0 Å². The topological polar surface area (TPSA) is 24.8 Å². The van der Waals surface area contributed by atoms with E-state index < -0.39 is 0 Å². The number of rotatable bonds is 12. The number of benzene rings is 1. The summed E-state index contributed by atoms with van der Waals surface area (Å²) >= 11 is 0. The summed E-state index contributed by atoms with van der Waals surface area (Å²) in [5.74, 6) is 2.04. The average Bonchev–Trinajstić information content (AvgIpc) is 2.87. The molecule has 35 heavy (non-hydrogen) atoms. The van der Waals surface area contributed by atoms with Crippen molar-refractivity contribution in [3.63, 3.8) is 0 Å². The minimum absolute atomic E-state index is 0.273. The number of nitrogens with zero attached hydrogens (tertiary/aromatic N) is 2. The van der Waals surface area contributed by atoms with Gasteiger partial charge in [0.1, 0.15) is 12.4 Å². The second-order valence-electron chi connectivity index (χ2n) is 9.05. The molecule has 1 aromatic carbocycles. The van der Waals surface area contributed by atoms with E-state index in [1.165, 1.54) is 6.42 Å². The zero-order chi connectivity index (χ0) is 26.6. The van der Waals surface area contributed by atoms with E-state index in [9.17, 15) is 0 Å². The summed E-state index contributed by atoms with van der Waals surface area (Å²) in [5, 5.41) is 0. The predicted octanol–water partition coefficient (Wildman–Crippen LogP) is 9.18. The Morgan fingerprint density at radius 1 is 1.11 bits per heavy atom. The molecule has 1 aromatic rings. The molecule has 1 aliphatic rings. The Morgan fingerprint density at radius 3 is 2.34 bits per heavy atom. The molecule has 0 heterocycles. The Bertz CT molecular complexity index is 817. The third-order valence-electron chi connectivity index (χ3n) is 5.69. The van der Waals surface area contributed by atoms with Crippen molar-refractivity contribution in [2.75, 3.05) is 26.2 Å². The van der Waals surface area contributed by atoms with Gasteiger partial charge in [-0.25, -0.2) is 0 Å². The molecule has 0 bridgehead atoms. The van der Waals surface area contributed by atoms with Crippen molar-refractivity contribution in [2.24, 2.45) is 16.8 Å². The fourth-order valence-electron chi connectivity index (χ4n) is 3.18. The van der Waals surface area contributed by atoms with Crippen LogP contribution in [0.4, 0.5) is 5.69 Å². The zero-order valence-electron chi connectivity index (χ0n) is 23.9. The van der Waals surface area contributed by atoms with Gasteiger partial charge in [0.05, 0.1) is 11.4 Å². The maximum Gasteiger partial charge on any atom is 0.120 e. The van der Waals surface area contributed by atoms with Gasteiger partial charge >= 0.3 is 0 Å². The smallest absolute Gasteiger partial charge is 0.120 e. The van der Waals surface area contributed by atoms with E-state index in [1.807, 2.05) is 26.0 Å². The van der Waals surface area contributed by atoms with Gasteiger partial charge in [0.15, 0.2) is 0 Å². The quantitative estimate of drug-likeness (QED) is 0.278. The first-order valence-corrected chi connectivity index (χ1v) is 13.5. The Labute approximate surface area is 217 Å². The lowest BCUT2D eigenvalue weighted by Gasteiger charge is -2.22. The lowest BCUT2D eigenvalue weighted by molar-refractivity contribution is 0.165. The fraction of sp³-hybridized carbons (Fsp3) is 0.531. The summed E-state index contributed by atoms with van der Waals surface area (Å²) in [6, 6.07) is 6.22. The molecule has 196 valence electrons. The minimum Gasteiger partial charge on any atom is -0.492 e. The molecule has 1 unspecified atom stereocenters. The van der Waals surface area contributed by atoms with Crippen LogP contribution >= 0.6 is 0 Å². The van der Waals surface area contributed by atoms with Crippen LogP contribution in [0.1, 0.15) is 78.9 Å². The molecule has 0 fully saturated rings. The molecule has 0 spiro atoms. The van der Waals surface area contributed by atoms with Crippen molar-refractivity contribution in [1.82, 2.24) is 4.90 Å². The van der Waals surface area contributed by atoms with Gasteiger partial charge in [-0.15, -0.1) is 6.58 Å². The summed E-state index contributed by atoms with van der Waals surface area (Å²) < 4.78 is 6.04. The Kier molecular flexibility index (Phi) is 18.5. The van der Waals surface area contributed by atoms with Crippen molar-refractivity contribution in [3.8, 4) is 0 Å². The van der Waals surface area contributed by atoms with Crippen LogP contribution < -0.4 is 0 Å². The van der Waals surface area contributed by atoms with Gasteiger partial charge in [-0.05, 0) is 61.6 Å². The van der Waals surface area contributed by atoms with Gasteiger partial charge in [0.2, 0.25) is 0 Å². The molecule has 1 atom stereocenters. The molecule has 3 nitrogen and oxygen atoms in total. The van der Waals surface area contributed by atoms with Crippen LogP contribution in [0.25, 0.3) is 6.08 Å². The average molecular weight is 481 g/mol. The van der Waals surface area contributed by atoms with Crippen LogP contribution in [0.2, 0.25) is 0 Å². The maximum absolute atomic E-state index is 6.04. The highest BCUT2D eigenvalue weighted by Crippen LogP contribution is 2.24. The van der Waals surface area contributed by atoms with E-state index in [1.54, 1.807) is 0 Å². The van der Waals surface area contributed by atoms with Crippen LogP contribution in [0, 0.1) is 18.8 Å². The highest BCUT2D eigenvalue weighted by atomic mass is 16.5. The largest absolute Gasteiger partial charge is 0.492 e. The van der Waals surface area contributed by atoms with Gasteiger partial charge in [-0.2, -0.15) is 0 Å². The monoisotopic (exact) mass is 480 g/mol. The third-order valence-corrected chi connectivity index (χ3v) is 5.69. The molecular weight excluding hydrogens is 428 g/mol. The van der Waals surface area contributed by atoms with E-state index in [0.717, 1.165) is 66.7 Å². The Balaban J connectivity index is 0.00000146.